The number of aryl methyl sites for hydroxylation is 1. The van der Waals surface area contributed by atoms with Gasteiger partial charge in [-0.05, 0) is 75.4 Å². The van der Waals surface area contributed by atoms with Gasteiger partial charge in [-0.3, -0.25) is 4.90 Å². The molecule has 0 radical (unpaired) electrons. The molecule has 7 rings (SSSR count). The van der Waals surface area contributed by atoms with Crippen LogP contribution in [0.3, 0.4) is 0 Å². The molecule has 4 fully saturated rings. The zero-order valence-corrected chi connectivity index (χ0v) is 21.9. The summed E-state index contributed by atoms with van der Waals surface area (Å²) in [7, 11) is -3.65. The van der Waals surface area contributed by atoms with E-state index in [1.54, 1.807) is 12.1 Å². The van der Waals surface area contributed by atoms with Gasteiger partial charge >= 0.3 is 0 Å². The van der Waals surface area contributed by atoms with E-state index in [4.69, 9.17) is 0 Å². The fourth-order valence-electron chi connectivity index (χ4n) is 7.26. The third-order valence-electron chi connectivity index (χ3n) is 9.01. The molecule has 36 heavy (non-hydrogen) atoms. The van der Waals surface area contributed by atoms with Crippen molar-refractivity contribution in [2.75, 3.05) is 19.6 Å². The standard InChI is InChI=1S/C31H36N2O2S/c1-24-14-16-27(17-15-24)36(34,35)33-21-18-31(32-19-8-9-20-32)22-28(25-10-4-2-5-11-25)30(33)29(23-31)26-12-6-3-7-13-26/h2-7,10-17,28-30H,8-9,18-23H2,1H3/t28-,29-,30?,31?/m0/s1. The minimum absolute atomic E-state index is 0.0194. The molecule has 1 saturated carbocycles. The number of hydrogen-bond donors (Lipinski definition) is 0. The van der Waals surface area contributed by atoms with E-state index in [9.17, 15) is 8.42 Å². The number of fused-ring (bicyclic) bond motifs is 4. The Morgan fingerprint density at radius 3 is 1.78 bits per heavy atom. The maximum absolute atomic E-state index is 14.3. The van der Waals surface area contributed by atoms with Crippen molar-refractivity contribution in [3.63, 3.8) is 0 Å². The summed E-state index contributed by atoms with van der Waals surface area (Å²) >= 11 is 0. The van der Waals surface area contributed by atoms with Gasteiger partial charge in [0.15, 0.2) is 0 Å². The average Bonchev–Trinajstić information content (AvgIpc) is 3.34. The smallest absolute Gasteiger partial charge is 0.243 e. The van der Waals surface area contributed by atoms with Gasteiger partial charge in [-0.15, -0.1) is 0 Å². The second-order valence-corrected chi connectivity index (χ2v) is 12.9. The average molecular weight is 501 g/mol. The Morgan fingerprint density at radius 2 is 1.25 bits per heavy atom. The number of nitrogens with zero attached hydrogens (tertiary/aromatic N) is 2. The number of rotatable bonds is 5. The van der Waals surface area contributed by atoms with Crippen LogP contribution in [0.25, 0.3) is 0 Å². The van der Waals surface area contributed by atoms with E-state index < -0.39 is 10.0 Å². The molecule has 3 saturated heterocycles. The molecular formula is C31H36N2O2S. The molecule has 1 aliphatic carbocycles. The van der Waals surface area contributed by atoms with Crippen LogP contribution in [0, 0.1) is 6.92 Å². The van der Waals surface area contributed by atoms with Crippen LogP contribution in [-0.4, -0.2) is 48.8 Å². The lowest BCUT2D eigenvalue weighted by Crippen LogP contribution is -2.54. The molecule has 2 bridgehead atoms. The Kier molecular flexibility index (Phi) is 6.27. The Labute approximate surface area is 216 Å². The summed E-state index contributed by atoms with van der Waals surface area (Å²) < 4.78 is 30.6. The van der Waals surface area contributed by atoms with Crippen molar-refractivity contribution in [2.45, 2.75) is 67.3 Å². The van der Waals surface area contributed by atoms with Crippen molar-refractivity contribution in [1.29, 1.82) is 0 Å². The van der Waals surface area contributed by atoms with Gasteiger partial charge in [0.25, 0.3) is 0 Å². The van der Waals surface area contributed by atoms with Crippen LogP contribution in [0.2, 0.25) is 0 Å². The Hall–Kier alpha value is -2.47. The predicted octanol–water partition coefficient (Wildman–Crippen LogP) is 5.95. The lowest BCUT2D eigenvalue weighted by molar-refractivity contribution is 0.0522. The van der Waals surface area contributed by atoms with E-state index >= 15 is 0 Å². The molecular weight excluding hydrogens is 464 g/mol. The van der Waals surface area contributed by atoms with Gasteiger partial charge < -0.3 is 0 Å². The molecule has 5 heteroatoms. The zero-order valence-electron chi connectivity index (χ0n) is 21.1. The molecule has 0 aromatic heterocycles. The monoisotopic (exact) mass is 500 g/mol. The maximum Gasteiger partial charge on any atom is 0.243 e. The molecule has 2 atom stereocenters. The fraction of sp³-hybridized carbons (Fsp3) is 0.419. The quantitative estimate of drug-likeness (QED) is 0.434. The summed E-state index contributed by atoms with van der Waals surface area (Å²) in [6, 6.07) is 28.7. The van der Waals surface area contributed by atoms with E-state index in [1.807, 2.05) is 23.4 Å². The lowest BCUT2D eigenvalue weighted by atomic mass is 9.63. The molecule has 0 unspecified atom stereocenters. The van der Waals surface area contributed by atoms with Crippen LogP contribution in [0.15, 0.2) is 89.8 Å². The number of sulfonamides is 1. The van der Waals surface area contributed by atoms with E-state index in [-0.39, 0.29) is 23.4 Å². The first-order chi connectivity index (χ1) is 17.5. The van der Waals surface area contributed by atoms with E-state index in [2.05, 4.69) is 65.6 Å². The highest BCUT2D eigenvalue weighted by Gasteiger charge is 2.56. The highest BCUT2D eigenvalue weighted by atomic mass is 32.2. The van der Waals surface area contributed by atoms with Gasteiger partial charge in [0.05, 0.1) is 4.90 Å². The summed E-state index contributed by atoms with van der Waals surface area (Å²) in [6.45, 7) is 4.82. The third kappa shape index (κ3) is 4.11. The van der Waals surface area contributed by atoms with Gasteiger partial charge in [0.1, 0.15) is 0 Å². The number of hydrogen-bond acceptors (Lipinski definition) is 3. The minimum atomic E-state index is -3.65. The molecule has 4 aliphatic rings. The lowest BCUT2D eigenvalue weighted by Gasteiger charge is -2.51. The van der Waals surface area contributed by atoms with Gasteiger partial charge in [-0.25, -0.2) is 8.42 Å². The third-order valence-corrected chi connectivity index (χ3v) is 10.9. The highest BCUT2D eigenvalue weighted by molar-refractivity contribution is 7.89. The number of benzene rings is 3. The molecule has 0 N–H and O–H groups in total. The zero-order chi connectivity index (χ0) is 24.8. The van der Waals surface area contributed by atoms with Crippen molar-refractivity contribution < 1.29 is 8.42 Å². The molecule has 3 heterocycles. The summed E-state index contributed by atoms with van der Waals surface area (Å²) in [5.74, 6) is 0.293. The van der Waals surface area contributed by atoms with Crippen molar-refractivity contribution >= 4 is 10.0 Å². The van der Waals surface area contributed by atoms with Crippen LogP contribution in [0.4, 0.5) is 0 Å². The maximum atomic E-state index is 14.3. The van der Waals surface area contributed by atoms with Gasteiger partial charge in [-0.1, -0.05) is 78.4 Å². The minimum Gasteiger partial charge on any atom is -0.298 e. The first kappa shape index (κ1) is 23.9. The van der Waals surface area contributed by atoms with Crippen LogP contribution in [0.1, 0.15) is 60.6 Å². The van der Waals surface area contributed by atoms with Gasteiger partial charge in [-0.2, -0.15) is 4.31 Å². The molecule has 0 amide bonds. The Bertz CT molecular complexity index is 1240. The summed E-state index contributed by atoms with van der Waals surface area (Å²) in [5, 5.41) is 0. The molecule has 4 nitrogen and oxygen atoms in total. The first-order valence-corrected chi connectivity index (χ1v) is 14.9. The van der Waals surface area contributed by atoms with Crippen LogP contribution in [0.5, 0.6) is 0 Å². The van der Waals surface area contributed by atoms with Crippen molar-refractivity contribution in [1.82, 2.24) is 9.21 Å². The molecule has 3 aromatic rings. The molecule has 3 aromatic carbocycles. The van der Waals surface area contributed by atoms with Crippen LogP contribution < -0.4 is 0 Å². The predicted molar refractivity (Wildman–Crippen MR) is 145 cm³/mol. The van der Waals surface area contributed by atoms with Gasteiger partial charge in [0.2, 0.25) is 10.0 Å². The second kappa shape index (κ2) is 9.44. The van der Waals surface area contributed by atoms with Gasteiger partial charge in [0, 0.05) is 30.0 Å². The van der Waals surface area contributed by atoms with Crippen molar-refractivity contribution in [2.24, 2.45) is 0 Å². The van der Waals surface area contributed by atoms with Crippen molar-refractivity contribution in [3.05, 3.63) is 102 Å². The van der Waals surface area contributed by atoms with E-state index in [0.29, 0.717) is 11.4 Å². The molecule has 0 spiro atoms. The highest BCUT2D eigenvalue weighted by Crippen LogP contribution is 2.55. The normalized spacial score (nSPS) is 29.3. The topological polar surface area (TPSA) is 40.6 Å². The molecule has 3 aliphatic heterocycles. The summed E-state index contributed by atoms with van der Waals surface area (Å²) in [6.07, 6.45) is 5.41. The molecule has 188 valence electrons. The number of likely N-dealkylation sites (tertiary alicyclic amines) is 1. The Morgan fingerprint density at radius 1 is 0.722 bits per heavy atom. The summed E-state index contributed by atoms with van der Waals surface area (Å²) in [4.78, 5) is 3.13. The van der Waals surface area contributed by atoms with Crippen LogP contribution >= 0.6 is 0 Å². The van der Waals surface area contributed by atoms with E-state index in [0.717, 1.165) is 37.9 Å². The second-order valence-electron chi connectivity index (χ2n) is 11.0. The Balaban J connectivity index is 1.54. The largest absolute Gasteiger partial charge is 0.298 e. The SMILES string of the molecule is Cc1ccc(S(=O)(=O)N2CCC3(N4CCCC4)C[C@@H](c4ccccc4)C2[C@H](c2ccccc2)C3)cc1. The fourth-order valence-corrected chi connectivity index (χ4v) is 8.96. The van der Waals surface area contributed by atoms with Crippen molar-refractivity contribution in [3.8, 4) is 0 Å². The van der Waals surface area contributed by atoms with Crippen LogP contribution in [-0.2, 0) is 10.0 Å². The first-order valence-electron chi connectivity index (χ1n) is 13.4. The summed E-state index contributed by atoms with van der Waals surface area (Å²) in [5.41, 5.74) is 3.62. The van der Waals surface area contributed by atoms with E-state index in [1.165, 1.54) is 24.0 Å².